The molecule has 3 atom stereocenters. The first-order chi connectivity index (χ1) is 17.0. The van der Waals surface area contributed by atoms with Crippen LogP contribution in [0.4, 0.5) is 0 Å². The molecular formula is C27H35N3O5. The summed E-state index contributed by atoms with van der Waals surface area (Å²) in [5.74, 6) is -0.313. The summed E-state index contributed by atoms with van der Waals surface area (Å²) in [6, 6.07) is 15.4. The van der Waals surface area contributed by atoms with Crippen LogP contribution in [0.15, 0.2) is 54.6 Å². The van der Waals surface area contributed by atoms with E-state index < -0.39 is 6.04 Å². The first-order valence-corrected chi connectivity index (χ1v) is 12.2. The van der Waals surface area contributed by atoms with Gasteiger partial charge in [0.05, 0.1) is 6.10 Å². The summed E-state index contributed by atoms with van der Waals surface area (Å²) in [6.45, 7) is 5.21. The lowest BCUT2D eigenvalue weighted by Crippen LogP contribution is -2.50. The van der Waals surface area contributed by atoms with Gasteiger partial charge in [-0.15, -0.1) is 0 Å². The second-order valence-electron chi connectivity index (χ2n) is 8.76. The molecule has 188 valence electrons. The Kier molecular flexibility index (Phi) is 10.1. The van der Waals surface area contributed by atoms with Crippen molar-refractivity contribution < 1.29 is 23.9 Å². The number of benzene rings is 2. The van der Waals surface area contributed by atoms with Gasteiger partial charge in [0, 0.05) is 30.8 Å². The molecule has 1 fully saturated rings. The molecule has 0 aromatic heterocycles. The van der Waals surface area contributed by atoms with E-state index in [2.05, 4.69) is 16.0 Å². The van der Waals surface area contributed by atoms with Crippen molar-refractivity contribution in [2.24, 2.45) is 5.92 Å². The van der Waals surface area contributed by atoms with E-state index in [1.165, 1.54) is 0 Å². The van der Waals surface area contributed by atoms with Crippen molar-refractivity contribution in [3.63, 3.8) is 0 Å². The summed E-state index contributed by atoms with van der Waals surface area (Å²) in [5, 5.41) is 8.61. The number of para-hydroxylation sites is 1. The SMILES string of the molecule is CC[C@H](C)[C@@H](NC(=O)c1ccccc1)C(=O)NCc1ccccc1OCC(=O)NC[C@@H]1CCCO1. The molecule has 0 aliphatic carbocycles. The van der Waals surface area contributed by atoms with E-state index >= 15 is 0 Å². The largest absolute Gasteiger partial charge is 0.483 e. The fraction of sp³-hybridized carbons (Fsp3) is 0.444. The third kappa shape index (κ3) is 8.10. The van der Waals surface area contributed by atoms with E-state index in [-0.39, 0.29) is 42.9 Å². The van der Waals surface area contributed by atoms with Gasteiger partial charge in [-0.2, -0.15) is 0 Å². The molecule has 2 aromatic carbocycles. The summed E-state index contributed by atoms with van der Waals surface area (Å²) in [5.41, 5.74) is 1.25. The number of rotatable bonds is 12. The Balaban J connectivity index is 1.54. The van der Waals surface area contributed by atoms with Crippen molar-refractivity contribution in [1.82, 2.24) is 16.0 Å². The average Bonchev–Trinajstić information content (AvgIpc) is 3.42. The topological polar surface area (TPSA) is 106 Å². The van der Waals surface area contributed by atoms with Crippen LogP contribution in [-0.4, -0.2) is 49.6 Å². The second kappa shape index (κ2) is 13.5. The lowest BCUT2D eigenvalue weighted by molar-refractivity contribution is -0.125. The van der Waals surface area contributed by atoms with E-state index in [1.807, 2.05) is 38.1 Å². The highest BCUT2D eigenvalue weighted by atomic mass is 16.5. The first kappa shape index (κ1) is 26.2. The third-order valence-electron chi connectivity index (χ3n) is 6.15. The maximum atomic E-state index is 13.0. The maximum Gasteiger partial charge on any atom is 0.258 e. The van der Waals surface area contributed by atoms with E-state index in [1.54, 1.807) is 30.3 Å². The Morgan fingerprint density at radius 3 is 2.51 bits per heavy atom. The Morgan fingerprint density at radius 2 is 1.80 bits per heavy atom. The molecule has 35 heavy (non-hydrogen) atoms. The zero-order chi connectivity index (χ0) is 25.0. The van der Waals surface area contributed by atoms with Crippen LogP contribution in [0.2, 0.25) is 0 Å². The highest BCUT2D eigenvalue weighted by molar-refractivity contribution is 5.97. The number of nitrogens with one attached hydrogen (secondary N) is 3. The molecule has 0 bridgehead atoms. The normalized spacial score (nSPS) is 16.7. The van der Waals surface area contributed by atoms with Crippen LogP contribution in [0.1, 0.15) is 49.0 Å². The number of hydrogen-bond acceptors (Lipinski definition) is 5. The standard InChI is InChI=1S/C27H35N3O5/c1-3-19(2)25(30-26(32)20-10-5-4-6-11-20)27(33)29-16-21-12-7-8-14-23(21)35-18-24(31)28-17-22-13-9-15-34-22/h4-8,10-12,14,19,22,25H,3,9,13,15-18H2,1-2H3,(H,28,31)(H,29,33)(H,30,32)/t19-,22-,25+/m0/s1. The van der Waals surface area contributed by atoms with Crippen LogP contribution >= 0.6 is 0 Å². The van der Waals surface area contributed by atoms with Crippen LogP contribution in [0, 0.1) is 5.92 Å². The van der Waals surface area contributed by atoms with Crippen molar-refractivity contribution in [3.05, 3.63) is 65.7 Å². The summed E-state index contributed by atoms with van der Waals surface area (Å²) in [6.07, 6.45) is 2.77. The Morgan fingerprint density at radius 1 is 1.06 bits per heavy atom. The van der Waals surface area contributed by atoms with Crippen LogP contribution < -0.4 is 20.7 Å². The number of amides is 3. The molecule has 8 nitrogen and oxygen atoms in total. The third-order valence-corrected chi connectivity index (χ3v) is 6.15. The quantitative estimate of drug-likeness (QED) is 0.432. The van der Waals surface area contributed by atoms with Gasteiger partial charge >= 0.3 is 0 Å². The van der Waals surface area contributed by atoms with Crippen LogP contribution in [-0.2, 0) is 20.9 Å². The van der Waals surface area contributed by atoms with Gasteiger partial charge in [-0.1, -0.05) is 56.7 Å². The zero-order valence-corrected chi connectivity index (χ0v) is 20.4. The van der Waals surface area contributed by atoms with Crippen LogP contribution in [0.25, 0.3) is 0 Å². The van der Waals surface area contributed by atoms with Gasteiger partial charge in [0.2, 0.25) is 5.91 Å². The average molecular weight is 482 g/mol. The predicted molar refractivity (Wildman–Crippen MR) is 133 cm³/mol. The van der Waals surface area contributed by atoms with Gasteiger partial charge in [-0.25, -0.2) is 0 Å². The molecule has 1 aliphatic rings. The predicted octanol–water partition coefficient (Wildman–Crippen LogP) is 2.82. The molecule has 0 saturated carbocycles. The fourth-order valence-electron chi connectivity index (χ4n) is 3.83. The maximum absolute atomic E-state index is 13.0. The molecule has 1 heterocycles. The number of carbonyl (C=O) groups is 3. The van der Waals surface area contributed by atoms with E-state index in [0.29, 0.717) is 17.9 Å². The molecule has 0 unspecified atom stereocenters. The molecule has 3 amide bonds. The highest BCUT2D eigenvalue weighted by Crippen LogP contribution is 2.18. The second-order valence-corrected chi connectivity index (χ2v) is 8.76. The van der Waals surface area contributed by atoms with Gasteiger partial charge < -0.3 is 25.4 Å². The van der Waals surface area contributed by atoms with Crippen molar-refractivity contribution >= 4 is 17.7 Å². The number of carbonyl (C=O) groups excluding carboxylic acids is 3. The van der Waals surface area contributed by atoms with Gasteiger partial charge in [0.15, 0.2) is 6.61 Å². The monoisotopic (exact) mass is 481 g/mol. The molecule has 1 aliphatic heterocycles. The molecule has 3 N–H and O–H groups in total. The molecule has 8 heteroatoms. The van der Waals surface area contributed by atoms with Gasteiger partial charge in [0.25, 0.3) is 11.8 Å². The zero-order valence-electron chi connectivity index (χ0n) is 20.4. The highest BCUT2D eigenvalue weighted by Gasteiger charge is 2.26. The van der Waals surface area contributed by atoms with Gasteiger partial charge in [0.1, 0.15) is 11.8 Å². The minimum atomic E-state index is -0.677. The van der Waals surface area contributed by atoms with Gasteiger partial charge in [-0.3, -0.25) is 14.4 Å². The lowest BCUT2D eigenvalue weighted by atomic mass is 9.97. The number of ether oxygens (including phenoxy) is 2. The minimum Gasteiger partial charge on any atom is -0.483 e. The van der Waals surface area contributed by atoms with E-state index in [4.69, 9.17) is 9.47 Å². The van der Waals surface area contributed by atoms with E-state index in [0.717, 1.165) is 31.4 Å². The fourth-order valence-corrected chi connectivity index (χ4v) is 3.83. The Labute approximate surface area is 206 Å². The van der Waals surface area contributed by atoms with Crippen molar-refractivity contribution in [1.29, 1.82) is 0 Å². The Bertz CT molecular complexity index is 976. The minimum absolute atomic E-state index is 0.0540. The smallest absolute Gasteiger partial charge is 0.258 e. The number of hydrogen-bond donors (Lipinski definition) is 3. The van der Waals surface area contributed by atoms with E-state index in [9.17, 15) is 14.4 Å². The molecule has 0 spiro atoms. The molecule has 2 aromatic rings. The summed E-state index contributed by atoms with van der Waals surface area (Å²) in [4.78, 5) is 37.8. The van der Waals surface area contributed by atoms with Gasteiger partial charge in [-0.05, 0) is 37.0 Å². The lowest BCUT2D eigenvalue weighted by Gasteiger charge is -2.24. The summed E-state index contributed by atoms with van der Waals surface area (Å²) >= 11 is 0. The molecule has 1 saturated heterocycles. The first-order valence-electron chi connectivity index (χ1n) is 12.2. The molecule has 3 rings (SSSR count). The van der Waals surface area contributed by atoms with Crippen molar-refractivity contribution in [2.75, 3.05) is 19.8 Å². The van der Waals surface area contributed by atoms with Crippen LogP contribution in [0.3, 0.4) is 0 Å². The summed E-state index contributed by atoms with van der Waals surface area (Å²) in [7, 11) is 0. The molecular weight excluding hydrogens is 446 g/mol. The van der Waals surface area contributed by atoms with Crippen molar-refractivity contribution in [3.8, 4) is 5.75 Å². The summed E-state index contributed by atoms with van der Waals surface area (Å²) < 4.78 is 11.2. The molecule has 0 radical (unpaired) electrons. The van der Waals surface area contributed by atoms with Crippen molar-refractivity contribution in [2.45, 2.75) is 51.8 Å². The Hall–Kier alpha value is -3.39. The van der Waals surface area contributed by atoms with Crippen LogP contribution in [0.5, 0.6) is 5.75 Å².